The van der Waals surface area contributed by atoms with Crippen LogP contribution in [-0.2, 0) is 4.79 Å². The maximum atomic E-state index is 13.5. The third-order valence-corrected chi connectivity index (χ3v) is 6.75. The Bertz CT molecular complexity index is 950. The summed E-state index contributed by atoms with van der Waals surface area (Å²) in [4.78, 5) is 15.7. The van der Waals surface area contributed by atoms with Crippen LogP contribution in [-0.4, -0.2) is 54.9 Å². The maximum Gasteiger partial charge on any atom is 0.257 e. The zero-order valence-electron chi connectivity index (χ0n) is 20.0. The Labute approximate surface area is 197 Å². The number of benzene rings is 2. The third-order valence-electron chi connectivity index (χ3n) is 6.75. The lowest BCUT2D eigenvalue weighted by atomic mass is 9.94. The molecule has 6 heteroatoms. The minimum Gasteiger partial charge on any atom is -0.497 e. The fourth-order valence-corrected chi connectivity index (χ4v) is 4.85. The molecule has 1 amide bonds. The second kappa shape index (κ2) is 10.8. The molecule has 6 nitrogen and oxygen atoms in total. The summed E-state index contributed by atoms with van der Waals surface area (Å²) in [6.45, 7) is 2.99. The van der Waals surface area contributed by atoms with Gasteiger partial charge in [-0.05, 0) is 74.3 Å². The van der Waals surface area contributed by atoms with Gasteiger partial charge in [0.1, 0.15) is 11.5 Å². The van der Waals surface area contributed by atoms with Gasteiger partial charge in [0, 0.05) is 12.5 Å². The molecule has 2 aliphatic rings. The first-order chi connectivity index (χ1) is 16.1. The van der Waals surface area contributed by atoms with Crippen LogP contribution < -0.4 is 9.47 Å². The fourth-order valence-electron chi connectivity index (χ4n) is 4.85. The summed E-state index contributed by atoms with van der Waals surface area (Å²) in [5, 5.41) is 6.53. The molecule has 1 saturated carbocycles. The van der Waals surface area contributed by atoms with E-state index in [4.69, 9.17) is 14.6 Å². The predicted octanol–water partition coefficient (Wildman–Crippen LogP) is 5.04. The number of likely N-dealkylation sites (N-methyl/N-ethyl adjacent to an activating group) is 1. The number of ether oxygens (including phenoxy) is 2. The summed E-state index contributed by atoms with van der Waals surface area (Å²) in [5.74, 6) is 1.69. The van der Waals surface area contributed by atoms with Crippen molar-refractivity contribution in [2.75, 3.05) is 27.3 Å². The van der Waals surface area contributed by atoms with Gasteiger partial charge in [0.25, 0.3) is 5.91 Å². The van der Waals surface area contributed by atoms with E-state index in [0.717, 1.165) is 28.3 Å². The number of amides is 1. The first kappa shape index (κ1) is 23.3. The van der Waals surface area contributed by atoms with Crippen molar-refractivity contribution in [2.24, 2.45) is 5.10 Å². The van der Waals surface area contributed by atoms with Gasteiger partial charge >= 0.3 is 0 Å². The summed E-state index contributed by atoms with van der Waals surface area (Å²) < 4.78 is 10.9. The first-order valence-electron chi connectivity index (χ1n) is 12.1. The van der Waals surface area contributed by atoms with Crippen LogP contribution in [0.5, 0.6) is 11.5 Å². The molecule has 1 heterocycles. The molecule has 2 aromatic carbocycles. The van der Waals surface area contributed by atoms with Crippen molar-refractivity contribution in [3.05, 3.63) is 59.7 Å². The van der Waals surface area contributed by atoms with Crippen LogP contribution in [0.4, 0.5) is 0 Å². The zero-order valence-corrected chi connectivity index (χ0v) is 20.0. The average Bonchev–Trinajstić information content (AvgIpc) is 3.31. The van der Waals surface area contributed by atoms with Gasteiger partial charge in [0.2, 0.25) is 0 Å². The van der Waals surface area contributed by atoms with Crippen molar-refractivity contribution in [2.45, 2.75) is 57.5 Å². The molecular weight excluding hydrogens is 414 g/mol. The van der Waals surface area contributed by atoms with Crippen molar-refractivity contribution in [3.8, 4) is 11.5 Å². The number of carbonyl (C=O) groups is 1. The van der Waals surface area contributed by atoms with Gasteiger partial charge in [-0.15, -0.1) is 0 Å². The SMILES string of the molecule is CCOc1ccc(C2CC(c3ccc(OC)cc3)=NN2C(=O)CN(C)C2CCCCC2)cc1. The average molecular weight is 450 g/mol. The van der Waals surface area contributed by atoms with Crippen LogP contribution in [0.25, 0.3) is 0 Å². The van der Waals surface area contributed by atoms with Crippen molar-refractivity contribution < 1.29 is 14.3 Å². The van der Waals surface area contributed by atoms with E-state index in [1.165, 1.54) is 32.1 Å². The van der Waals surface area contributed by atoms with E-state index in [1.807, 2.05) is 55.5 Å². The molecule has 0 aromatic heterocycles. The van der Waals surface area contributed by atoms with Crippen molar-refractivity contribution in [1.29, 1.82) is 0 Å². The highest BCUT2D eigenvalue weighted by molar-refractivity contribution is 6.03. The van der Waals surface area contributed by atoms with Gasteiger partial charge < -0.3 is 9.47 Å². The molecule has 0 spiro atoms. The van der Waals surface area contributed by atoms with Crippen LogP contribution in [0.2, 0.25) is 0 Å². The molecule has 0 radical (unpaired) electrons. The summed E-state index contributed by atoms with van der Waals surface area (Å²) in [6, 6.07) is 16.3. The molecule has 1 aliphatic carbocycles. The van der Waals surface area contributed by atoms with E-state index in [9.17, 15) is 4.79 Å². The van der Waals surface area contributed by atoms with Crippen molar-refractivity contribution >= 4 is 11.6 Å². The number of nitrogens with zero attached hydrogens (tertiary/aromatic N) is 3. The summed E-state index contributed by atoms with van der Waals surface area (Å²) in [6.07, 6.45) is 6.83. The molecule has 1 unspecified atom stereocenters. The van der Waals surface area contributed by atoms with E-state index in [0.29, 0.717) is 25.6 Å². The van der Waals surface area contributed by atoms with Crippen LogP contribution in [0.3, 0.4) is 0 Å². The smallest absolute Gasteiger partial charge is 0.257 e. The molecule has 1 aliphatic heterocycles. The monoisotopic (exact) mass is 449 g/mol. The number of methoxy groups -OCH3 is 1. The van der Waals surface area contributed by atoms with Crippen molar-refractivity contribution in [3.63, 3.8) is 0 Å². The Balaban J connectivity index is 1.56. The lowest BCUT2D eigenvalue weighted by Gasteiger charge is -2.32. The van der Waals surface area contributed by atoms with Gasteiger partial charge in [-0.25, -0.2) is 5.01 Å². The standard InChI is InChI=1S/C27H35N3O3/c1-4-33-24-16-12-21(13-17-24)26-18-25(20-10-14-23(32-3)15-11-20)28-30(26)27(31)19-29(2)22-8-6-5-7-9-22/h10-17,22,26H,4-9,18-19H2,1-3H3. The van der Waals surface area contributed by atoms with Gasteiger partial charge in [-0.3, -0.25) is 9.69 Å². The third kappa shape index (κ3) is 5.56. The molecule has 176 valence electrons. The lowest BCUT2D eigenvalue weighted by molar-refractivity contribution is -0.134. The first-order valence-corrected chi connectivity index (χ1v) is 12.1. The van der Waals surface area contributed by atoms with Crippen molar-refractivity contribution in [1.82, 2.24) is 9.91 Å². The normalized spacial score (nSPS) is 19.0. The lowest BCUT2D eigenvalue weighted by Crippen LogP contribution is -2.41. The number of hydrogen-bond acceptors (Lipinski definition) is 5. The number of hydrazone groups is 1. The molecule has 0 saturated heterocycles. The summed E-state index contributed by atoms with van der Waals surface area (Å²) >= 11 is 0. The summed E-state index contributed by atoms with van der Waals surface area (Å²) in [5.41, 5.74) is 3.01. The highest BCUT2D eigenvalue weighted by atomic mass is 16.5. The van der Waals surface area contributed by atoms with Gasteiger partial charge in [-0.2, -0.15) is 5.10 Å². The fraction of sp³-hybridized carbons (Fsp3) is 0.481. The molecule has 33 heavy (non-hydrogen) atoms. The van der Waals surface area contributed by atoms with E-state index in [2.05, 4.69) is 11.9 Å². The summed E-state index contributed by atoms with van der Waals surface area (Å²) in [7, 11) is 3.73. The van der Waals surface area contributed by atoms with Crippen LogP contribution >= 0.6 is 0 Å². The Hall–Kier alpha value is -2.86. The van der Waals surface area contributed by atoms with E-state index in [-0.39, 0.29) is 11.9 Å². The van der Waals surface area contributed by atoms with Crippen LogP contribution in [0.15, 0.2) is 53.6 Å². The Morgan fingerprint density at radius 2 is 1.70 bits per heavy atom. The highest BCUT2D eigenvalue weighted by Crippen LogP contribution is 2.34. The molecular formula is C27H35N3O3. The quantitative estimate of drug-likeness (QED) is 0.567. The van der Waals surface area contributed by atoms with Crippen LogP contribution in [0, 0.1) is 0 Å². The maximum absolute atomic E-state index is 13.5. The number of hydrogen-bond donors (Lipinski definition) is 0. The molecule has 1 atom stereocenters. The van der Waals surface area contributed by atoms with E-state index < -0.39 is 0 Å². The highest BCUT2D eigenvalue weighted by Gasteiger charge is 2.34. The molecule has 1 fully saturated rings. The topological polar surface area (TPSA) is 54.4 Å². The molecule has 2 aromatic rings. The second-order valence-electron chi connectivity index (χ2n) is 8.94. The number of rotatable bonds is 8. The molecule has 0 N–H and O–H groups in total. The van der Waals surface area contributed by atoms with Gasteiger partial charge in [0.15, 0.2) is 0 Å². The molecule has 0 bridgehead atoms. The van der Waals surface area contributed by atoms with Gasteiger partial charge in [0.05, 0.1) is 32.0 Å². The molecule has 4 rings (SSSR count). The second-order valence-corrected chi connectivity index (χ2v) is 8.94. The predicted molar refractivity (Wildman–Crippen MR) is 131 cm³/mol. The Kier molecular flexibility index (Phi) is 7.65. The van der Waals surface area contributed by atoms with E-state index in [1.54, 1.807) is 12.1 Å². The minimum atomic E-state index is -0.120. The largest absolute Gasteiger partial charge is 0.497 e. The Morgan fingerprint density at radius 3 is 2.33 bits per heavy atom. The minimum absolute atomic E-state index is 0.0467. The van der Waals surface area contributed by atoms with Crippen LogP contribution in [0.1, 0.15) is 62.6 Å². The van der Waals surface area contributed by atoms with Gasteiger partial charge in [-0.1, -0.05) is 31.4 Å². The van der Waals surface area contributed by atoms with E-state index >= 15 is 0 Å². The Morgan fingerprint density at radius 1 is 1.03 bits per heavy atom. The zero-order chi connectivity index (χ0) is 23.2. The number of carbonyl (C=O) groups excluding carboxylic acids is 1.